The SMILES string of the molecule is O=C(O)CC(=O)OC(=O)C1(O)CC(O)C(OC(=O)C=Cc2ccc(O)c(O)c2)C(OC(=O)C=Cc2ccc(O)c(O)c2)C1. The van der Waals surface area contributed by atoms with E-state index in [0.717, 1.165) is 36.4 Å². The number of rotatable bonds is 9. The molecule has 0 aliphatic heterocycles. The van der Waals surface area contributed by atoms with E-state index in [-0.39, 0.29) is 11.1 Å². The van der Waals surface area contributed by atoms with Crippen LogP contribution >= 0.6 is 0 Å². The van der Waals surface area contributed by atoms with Gasteiger partial charge in [0.2, 0.25) is 0 Å². The molecule has 2 aromatic carbocycles. The Labute approximate surface area is 242 Å². The van der Waals surface area contributed by atoms with Gasteiger partial charge in [-0.2, -0.15) is 0 Å². The van der Waals surface area contributed by atoms with Crippen molar-refractivity contribution < 1.29 is 73.9 Å². The van der Waals surface area contributed by atoms with Crippen LogP contribution in [-0.2, 0) is 38.2 Å². The summed E-state index contributed by atoms with van der Waals surface area (Å²) in [6, 6.07) is 7.27. The van der Waals surface area contributed by atoms with Crippen molar-refractivity contribution in [3.05, 3.63) is 59.7 Å². The molecule has 7 N–H and O–H groups in total. The molecule has 0 spiro atoms. The lowest BCUT2D eigenvalue weighted by Gasteiger charge is -2.41. The van der Waals surface area contributed by atoms with Crippen LogP contribution in [0.4, 0.5) is 0 Å². The minimum Gasteiger partial charge on any atom is -0.504 e. The van der Waals surface area contributed by atoms with Gasteiger partial charge < -0.3 is 50.0 Å². The highest BCUT2D eigenvalue weighted by molar-refractivity contribution is 5.97. The minimum atomic E-state index is -2.67. The highest BCUT2D eigenvalue weighted by Crippen LogP contribution is 2.34. The molecule has 228 valence electrons. The maximum Gasteiger partial charge on any atom is 0.346 e. The normalized spacial score (nSPS) is 21.8. The summed E-state index contributed by atoms with van der Waals surface area (Å²) in [5, 5.41) is 68.3. The Hall–Kier alpha value is -5.41. The first-order chi connectivity index (χ1) is 20.2. The number of aliphatic hydroxyl groups is 2. The minimum absolute atomic E-state index is 0.251. The summed E-state index contributed by atoms with van der Waals surface area (Å²) in [5.74, 6) is -8.72. The Morgan fingerprint density at radius 2 is 1.30 bits per heavy atom. The summed E-state index contributed by atoms with van der Waals surface area (Å²) in [6.07, 6.45) is -4.06. The molecular formula is C28H26O15. The van der Waals surface area contributed by atoms with Crippen molar-refractivity contribution in [2.45, 2.75) is 43.2 Å². The first-order valence-electron chi connectivity index (χ1n) is 12.4. The van der Waals surface area contributed by atoms with Gasteiger partial charge in [0.25, 0.3) is 0 Å². The molecule has 3 rings (SSSR count). The molecule has 15 heteroatoms. The lowest BCUT2D eigenvalue weighted by Crippen LogP contribution is -2.58. The number of aromatic hydroxyl groups is 4. The van der Waals surface area contributed by atoms with Crippen LogP contribution in [0.1, 0.15) is 30.4 Å². The molecule has 1 aliphatic rings. The summed E-state index contributed by atoms with van der Waals surface area (Å²) in [5.41, 5.74) is -2.15. The van der Waals surface area contributed by atoms with Crippen molar-refractivity contribution >= 4 is 42.0 Å². The maximum atomic E-state index is 12.6. The summed E-state index contributed by atoms with van der Waals surface area (Å²) in [4.78, 5) is 60.1. The van der Waals surface area contributed by atoms with E-state index in [1.54, 1.807) is 0 Å². The predicted octanol–water partition coefficient (Wildman–Crippen LogP) is 0.489. The number of phenolic OH excluding ortho intramolecular Hbond substituents is 4. The molecule has 0 radical (unpaired) electrons. The predicted molar refractivity (Wildman–Crippen MR) is 141 cm³/mol. The molecule has 43 heavy (non-hydrogen) atoms. The van der Waals surface area contributed by atoms with E-state index in [0.29, 0.717) is 0 Å². The number of esters is 4. The Morgan fingerprint density at radius 3 is 1.79 bits per heavy atom. The van der Waals surface area contributed by atoms with Gasteiger partial charge in [0.05, 0.1) is 6.10 Å². The van der Waals surface area contributed by atoms with Gasteiger partial charge in [-0.1, -0.05) is 12.1 Å². The fourth-order valence-electron chi connectivity index (χ4n) is 4.01. The fourth-order valence-corrected chi connectivity index (χ4v) is 4.01. The van der Waals surface area contributed by atoms with Gasteiger partial charge >= 0.3 is 29.8 Å². The Bertz CT molecular complexity index is 1480. The van der Waals surface area contributed by atoms with E-state index in [9.17, 15) is 54.6 Å². The Morgan fingerprint density at radius 1 is 0.791 bits per heavy atom. The van der Waals surface area contributed by atoms with Crippen molar-refractivity contribution in [1.29, 1.82) is 0 Å². The number of ether oxygens (including phenoxy) is 3. The van der Waals surface area contributed by atoms with E-state index < -0.39 is 96.0 Å². The fraction of sp³-hybridized carbons (Fsp3) is 0.250. The van der Waals surface area contributed by atoms with Crippen LogP contribution in [0, 0.1) is 0 Å². The second-order valence-corrected chi connectivity index (χ2v) is 9.38. The molecule has 0 heterocycles. The standard InChI is InChI=1S/C28H26O15/c29-16-5-1-14(9-18(16)31)3-7-23(36)41-21-13-28(40,27(39)43-25(38)11-22(34)35)12-20(33)26(21)42-24(37)8-4-15-2-6-17(30)19(32)10-15/h1-10,20-21,26,29-33,40H,11-13H2,(H,34,35). The van der Waals surface area contributed by atoms with Crippen LogP contribution in [-0.4, -0.2) is 89.5 Å². The largest absolute Gasteiger partial charge is 0.504 e. The quantitative estimate of drug-likeness (QED) is 0.0677. The molecule has 1 aliphatic carbocycles. The van der Waals surface area contributed by atoms with Crippen molar-refractivity contribution in [2.75, 3.05) is 0 Å². The van der Waals surface area contributed by atoms with E-state index in [2.05, 4.69) is 4.74 Å². The molecule has 0 saturated heterocycles. The van der Waals surface area contributed by atoms with Gasteiger partial charge in [-0.3, -0.25) is 9.59 Å². The van der Waals surface area contributed by atoms with Crippen LogP contribution < -0.4 is 0 Å². The number of carbonyl (C=O) groups excluding carboxylic acids is 4. The third-order valence-electron chi connectivity index (χ3n) is 6.06. The third-order valence-corrected chi connectivity index (χ3v) is 6.06. The zero-order valence-corrected chi connectivity index (χ0v) is 22.0. The number of carboxylic acid groups (broad SMARTS) is 1. The van der Waals surface area contributed by atoms with Gasteiger partial charge in [0, 0.05) is 25.0 Å². The molecule has 4 atom stereocenters. The topological polar surface area (TPSA) is 255 Å². The lowest BCUT2D eigenvalue weighted by molar-refractivity contribution is -0.208. The molecule has 0 aromatic heterocycles. The molecule has 0 amide bonds. The van der Waals surface area contributed by atoms with E-state index in [1.165, 1.54) is 24.3 Å². The van der Waals surface area contributed by atoms with Crippen LogP contribution in [0.25, 0.3) is 12.2 Å². The third kappa shape index (κ3) is 8.79. The highest BCUT2D eigenvalue weighted by Gasteiger charge is 2.53. The van der Waals surface area contributed by atoms with Crippen LogP contribution in [0.2, 0.25) is 0 Å². The summed E-state index contributed by atoms with van der Waals surface area (Å²) in [7, 11) is 0. The number of hydrogen-bond donors (Lipinski definition) is 7. The number of carbonyl (C=O) groups is 5. The highest BCUT2D eigenvalue weighted by atomic mass is 16.6. The number of aliphatic carboxylic acids is 1. The Balaban J connectivity index is 1.81. The molecule has 1 saturated carbocycles. The van der Waals surface area contributed by atoms with Crippen molar-refractivity contribution in [2.24, 2.45) is 0 Å². The zero-order chi connectivity index (χ0) is 31.9. The number of phenols is 4. The monoisotopic (exact) mass is 602 g/mol. The van der Waals surface area contributed by atoms with Gasteiger partial charge in [-0.05, 0) is 47.5 Å². The number of benzene rings is 2. The lowest BCUT2D eigenvalue weighted by atomic mass is 9.79. The molecule has 4 unspecified atom stereocenters. The van der Waals surface area contributed by atoms with Crippen molar-refractivity contribution in [1.82, 2.24) is 0 Å². The van der Waals surface area contributed by atoms with Gasteiger partial charge in [0.1, 0.15) is 12.5 Å². The van der Waals surface area contributed by atoms with E-state index in [4.69, 9.17) is 14.6 Å². The maximum absolute atomic E-state index is 12.6. The van der Waals surface area contributed by atoms with Crippen molar-refractivity contribution in [3.8, 4) is 23.0 Å². The second kappa shape index (κ2) is 13.5. The summed E-state index contributed by atoms with van der Waals surface area (Å²) < 4.78 is 14.9. The smallest absolute Gasteiger partial charge is 0.346 e. The number of aliphatic hydroxyl groups excluding tert-OH is 1. The van der Waals surface area contributed by atoms with Crippen LogP contribution in [0.3, 0.4) is 0 Å². The number of carboxylic acids is 1. The molecule has 0 bridgehead atoms. The first kappa shape index (κ1) is 32.1. The average molecular weight is 603 g/mol. The van der Waals surface area contributed by atoms with Gasteiger partial charge in [-0.25, -0.2) is 14.4 Å². The van der Waals surface area contributed by atoms with Gasteiger partial charge in [0.15, 0.2) is 34.7 Å². The molecule has 15 nitrogen and oxygen atoms in total. The van der Waals surface area contributed by atoms with Gasteiger partial charge in [-0.15, -0.1) is 0 Å². The second-order valence-electron chi connectivity index (χ2n) is 9.38. The zero-order valence-electron chi connectivity index (χ0n) is 22.0. The van der Waals surface area contributed by atoms with E-state index in [1.807, 2.05) is 0 Å². The molecular weight excluding hydrogens is 576 g/mol. The number of hydrogen-bond acceptors (Lipinski definition) is 14. The average Bonchev–Trinajstić information content (AvgIpc) is 2.91. The Kier molecular flexibility index (Phi) is 10.1. The summed E-state index contributed by atoms with van der Waals surface area (Å²) >= 11 is 0. The van der Waals surface area contributed by atoms with Crippen LogP contribution in [0.15, 0.2) is 48.6 Å². The molecule has 2 aromatic rings. The van der Waals surface area contributed by atoms with Crippen LogP contribution in [0.5, 0.6) is 23.0 Å². The molecule has 1 fully saturated rings. The summed E-state index contributed by atoms with van der Waals surface area (Å²) in [6.45, 7) is 0. The van der Waals surface area contributed by atoms with E-state index >= 15 is 0 Å². The first-order valence-corrected chi connectivity index (χ1v) is 12.4. The van der Waals surface area contributed by atoms with Crippen molar-refractivity contribution in [3.63, 3.8) is 0 Å².